The summed E-state index contributed by atoms with van der Waals surface area (Å²) in [7, 11) is 0. The minimum absolute atomic E-state index is 0.176. The van der Waals surface area contributed by atoms with E-state index in [1.54, 1.807) is 0 Å². The number of aromatic amines is 1. The Morgan fingerprint density at radius 3 is 2.95 bits per heavy atom. The number of hydrogen-bond acceptors (Lipinski definition) is 4. The van der Waals surface area contributed by atoms with Crippen LogP contribution in [0.2, 0.25) is 0 Å². The first-order valence-corrected chi connectivity index (χ1v) is 9.88. The van der Waals surface area contributed by atoms with Crippen LogP contribution in [0.15, 0.2) is 41.7 Å². The fourth-order valence-electron chi connectivity index (χ4n) is 3.10. The molecule has 0 radical (unpaired) electrons. The van der Waals surface area contributed by atoms with E-state index in [2.05, 4.69) is 67.8 Å². The number of alkyl halides is 1. The molecule has 1 aromatic heterocycles. The Labute approximate surface area is 148 Å². The molecule has 0 spiro atoms. The van der Waals surface area contributed by atoms with Crippen LogP contribution in [0.3, 0.4) is 0 Å². The van der Waals surface area contributed by atoms with Gasteiger partial charge in [-0.15, -0.1) is 0 Å². The summed E-state index contributed by atoms with van der Waals surface area (Å²) in [5.41, 5.74) is 3.70. The average molecular weight is 424 g/mol. The molecular formula is C16H17IN4S. The Kier molecular flexibility index (Phi) is 4.13. The van der Waals surface area contributed by atoms with Crippen LogP contribution in [-0.4, -0.2) is 42.8 Å². The summed E-state index contributed by atoms with van der Waals surface area (Å²) in [5, 5.41) is 1.80. The fourth-order valence-corrected chi connectivity index (χ4v) is 4.91. The molecule has 6 heteroatoms. The van der Waals surface area contributed by atoms with Crippen molar-refractivity contribution in [1.29, 1.82) is 0 Å². The molecule has 0 saturated heterocycles. The van der Waals surface area contributed by atoms with Gasteiger partial charge in [0.1, 0.15) is 6.04 Å². The minimum atomic E-state index is 0.176. The number of fused-ring (bicyclic) bond motifs is 1. The number of imidazole rings is 1. The number of aromatic nitrogens is 2. The van der Waals surface area contributed by atoms with Crippen molar-refractivity contribution in [2.45, 2.75) is 17.7 Å². The summed E-state index contributed by atoms with van der Waals surface area (Å²) in [6.45, 7) is 1.93. The minimum Gasteiger partial charge on any atom is -0.348 e. The van der Waals surface area contributed by atoms with Gasteiger partial charge in [0.15, 0.2) is 5.17 Å². The molecule has 2 aromatic rings. The van der Waals surface area contributed by atoms with Gasteiger partial charge in [-0.05, 0) is 5.56 Å². The molecule has 114 valence electrons. The second-order valence-corrected chi connectivity index (χ2v) is 7.69. The number of H-pyrrole nitrogens is 1. The lowest BCUT2D eigenvalue weighted by Crippen LogP contribution is -2.39. The lowest BCUT2D eigenvalue weighted by atomic mass is 9.96. The Balaban J connectivity index is 1.72. The maximum atomic E-state index is 4.81. The highest BCUT2D eigenvalue weighted by molar-refractivity contribution is 14.1. The van der Waals surface area contributed by atoms with E-state index >= 15 is 0 Å². The second-order valence-electron chi connectivity index (χ2n) is 5.54. The lowest BCUT2D eigenvalue weighted by Gasteiger charge is -2.36. The zero-order valence-corrected chi connectivity index (χ0v) is 15.0. The topological polar surface area (TPSA) is 44.3 Å². The summed E-state index contributed by atoms with van der Waals surface area (Å²) in [6.07, 6.45) is 2.83. The molecule has 3 heterocycles. The number of rotatable bonds is 2. The van der Waals surface area contributed by atoms with E-state index in [9.17, 15) is 0 Å². The van der Waals surface area contributed by atoms with Gasteiger partial charge >= 0.3 is 0 Å². The van der Waals surface area contributed by atoms with E-state index in [0.717, 1.165) is 29.6 Å². The maximum absolute atomic E-state index is 4.81. The zero-order valence-electron chi connectivity index (χ0n) is 12.1. The largest absolute Gasteiger partial charge is 0.348 e. The molecule has 2 aliphatic rings. The highest BCUT2D eigenvalue weighted by Gasteiger charge is 2.35. The average Bonchev–Trinajstić information content (AvgIpc) is 3.23. The SMILES string of the molecule is ICC1CN=C(N2CCc3[nH]cnc3C2c2ccccc2)S1. The Morgan fingerprint density at radius 1 is 1.32 bits per heavy atom. The van der Waals surface area contributed by atoms with Crippen LogP contribution in [0.5, 0.6) is 0 Å². The van der Waals surface area contributed by atoms with Gasteiger partial charge in [-0.25, -0.2) is 4.98 Å². The lowest BCUT2D eigenvalue weighted by molar-refractivity contribution is 0.338. The van der Waals surface area contributed by atoms with Gasteiger partial charge in [0.2, 0.25) is 0 Å². The molecule has 1 N–H and O–H groups in total. The quantitative estimate of drug-likeness (QED) is 0.595. The molecule has 4 nitrogen and oxygen atoms in total. The van der Waals surface area contributed by atoms with Crippen molar-refractivity contribution in [1.82, 2.24) is 14.9 Å². The molecule has 1 aromatic carbocycles. The number of aliphatic imine (C=N–C) groups is 1. The van der Waals surface area contributed by atoms with Crippen LogP contribution < -0.4 is 0 Å². The summed E-state index contributed by atoms with van der Waals surface area (Å²) in [5.74, 6) is 0. The summed E-state index contributed by atoms with van der Waals surface area (Å²) < 4.78 is 1.15. The molecule has 2 aliphatic heterocycles. The number of halogens is 1. The summed E-state index contributed by atoms with van der Waals surface area (Å²) in [6, 6.07) is 10.8. The van der Waals surface area contributed by atoms with Crippen LogP contribution in [0.25, 0.3) is 0 Å². The van der Waals surface area contributed by atoms with E-state index in [1.165, 1.54) is 16.4 Å². The number of benzene rings is 1. The van der Waals surface area contributed by atoms with E-state index < -0.39 is 0 Å². The smallest absolute Gasteiger partial charge is 0.160 e. The van der Waals surface area contributed by atoms with Gasteiger partial charge < -0.3 is 9.88 Å². The van der Waals surface area contributed by atoms with Gasteiger partial charge in [-0.1, -0.05) is 64.7 Å². The Morgan fingerprint density at radius 2 is 2.18 bits per heavy atom. The molecule has 4 rings (SSSR count). The van der Waals surface area contributed by atoms with Crippen LogP contribution in [0.1, 0.15) is 23.0 Å². The first-order valence-electron chi connectivity index (χ1n) is 7.47. The maximum Gasteiger partial charge on any atom is 0.160 e. The standard InChI is InChI=1S/C16H17IN4S/c17-8-12-9-18-16(22-12)21-7-6-13-14(20-10-19-13)15(21)11-4-2-1-3-5-11/h1-5,10,12,15H,6-9H2,(H,19,20). The summed E-state index contributed by atoms with van der Waals surface area (Å²) >= 11 is 4.38. The Hall–Kier alpha value is -1.02. The Bertz CT molecular complexity index is 684. The number of hydrogen-bond donors (Lipinski definition) is 1. The third-order valence-electron chi connectivity index (χ3n) is 4.16. The van der Waals surface area contributed by atoms with Gasteiger partial charge in [0.05, 0.1) is 18.6 Å². The van der Waals surface area contributed by atoms with Crippen molar-refractivity contribution >= 4 is 39.5 Å². The van der Waals surface area contributed by atoms with Gasteiger partial charge in [0.25, 0.3) is 0 Å². The number of thioether (sulfide) groups is 1. The molecule has 2 unspecified atom stereocenters. The third kappa shape index (κ3) is 2.56. The highest BCUT2D eigenvalue weighted by Crippen LogP contribution is 2.37. The molecular weight excluding hydrogens is 407 g/mol. The van der Waals surface area contributed by atoms with Crippen molar-refractivity contribution in [3.8, 4) is 0 Å². The van der Waals surface area contributed by atoms with Crippen LogP contribution >= 0.6 is 34.4 Å². The molecule has 2 atom stereocenters. The molecule has 0 bridgehead atoms. The summed E-state index contributed by atoms with van der Waals surface area (Å²) in [4.78, 5) is 15.2. The first kappa shape index (κ1) is 14.6. The van der Waals surface area contributed by atoms with Crippen molar-refractivity contribution in [3.63, 3.8) is 0 Å². The highest BCUT2D eigenvalue weighted by atomic mass is 127. The predicted octanol–water partition coefficient (Wildman–Crippen LogP) is 3.26. The van der Waals surface area contributed by atoms with Gasteiger partial charge in [-0.2, -0.15) is 0 Å². The van der Waals surface area contributed by atoms with E-state index in [4.69, 9.17) is 4.99 Å². The first-order chi connectivity index (χ1) is 10.9. The van der Waals surface area contributed by atoms with Crippen LogP contribution in [-0.2, 0) is 6.42 Å². The fraction of sp³-hybridized carbons (Fsp3) is 0.375. The monoisotopic (exact) mass is 424 g/mol. The molecule has 0 amide bonds. The van der Waals surface area contributed by atoms with Gasteiger partial charge in [0, 0.05) is 28.3 Å². The van der Waals surface area contributed by atoms with E-state index in [0.29, 0.717) is 5.25 Å². The van der Waals surface area contributed by atoms with Crippen molar-refractivity contribution in [2.75, 3.05) is 17.5 Å². The normalized spacial score (nSPS) is 24.2. The van der Waals surface area contributed by atoms with Crippen LogP contribution in [0.4, 0.5) is 0 Å². The van der Waals surface area contributed by atoms with Crippen LogP contribution in [0, 0.1) is 0 Å². The van der Waals surface area contributed by atoms with Crippen molar-refractivity contribution in [3.05, 3.63) is 53.6 Å². The van der Waals surface area contributed by atoms with E-state index in [1.807, 2.05) is 18.1 Å². The van der Waals surface area contributed by atoms with E-state index in [-0.39, 0.29) is 6.04 Å². The number of nitrogens with zero attached hydrogens (tertiary/aromatic N) is 3. The molecule has 0 aliphatic carbocycles. The second kappa shape index (κ2) is 6.23. The van der Waals surface area contributed by atoms with Crippen molar-refractivity contribution < 1.29 is 0 Å². The van der Waals surface area contributed by atoms with Gasteiger partial charge in [-0.3, -0.25) is 4.99 Å². The molecule has 0 saturated carbocycles. The van der Waals surface area contributed by atoms with Crippen molar-refractivity contribution in [2.24, 2.45) is 4.99 Å². The molecule has 22 heavy (non-hydrogen) atoms. The predicted molar refractivity (Wildman–Crippen MR) is 99.9 cm³/mol. The third-order valence-corrected chi connectivity index (χ3v) is 7.04. The molecule has 0 fully saturated rings. The number of amidine groups is 1. The number of nitrogens with one attached hydrogen (secondary N) is 1. The zero-order chi connectivity index (χ0) is 14.9.